The Bertz CT molecular complexity index is 977. The summed E-state index contributed by atoms with van der Waals surface area (Å²) in [5.41, 5.74) is 1.87. The maximum atomic E-state index is 13.1. The number of nitrogens with zero attached hydrogens (tertiary/aromatic N) is 3. The van der Waals surface area contributed by atoms with Crippen LogP contribution >= 0.6 is 11.6 Å². The van der Waals surface area contributed by atoms with Crippen molar-refractivity contribution in [2.24, 2.45) is 0 Å². The quantitative estimate of drug-likeness (QED) is 0.560. The van der Waals surface area contributed by atoms with Crippen LogP contribution in [0.15, 0.2) is 45.5 Å². The molecule has 3 heterocycles. The van der Waals surface area contributed by atoms with Crippen LogP contribution in [0.25, 0.3) is 0 Å². The molecule has 1 aliphatic rings. The molecule has 3 aromatic rings. The molecular formula is C22H24ClN3O3. The second-order valence-corrected chi connectivity index (χ2v) is 8.19. The van der Waals surface area contributed by atoms with Crippen molar-refractivity contribution in [1.29, 1.82) is 0 Å². The minimum atomic E-state index is -0.192. The molecule has 6 nitrogen and oxygen atoms in total. The van der Waals surface area contributed by atoms with Gasteiger partial charge in [0.2, 0.25) is 11.7 Å². The first kappa shape index (κ1) is 19.7. The van der Waals surface area contributed by atoms with Gasteiger partial charge in [-0.05, 0) is 42.9 Å². The molecule has 1 aromatic carbocycles. The predicted molar refractivity (Wildman–Crippen MR) is 109 cm³/mol. The number of oxazole rings is 1. The van der Waals surface area contributed by atoms with E-state index in [4.69, 9.17) is 20.5 Å². The summed E-state index contributed by atoms with van der Waals surface area (Å²) in [6.07, 6.45) is 5.16. The molecule has 1 fully saturated rings. The van der Waals surface area contributed by atoms with Crippen LogP contribution in [0.1, 0.15) is 78.5 Å². The van der Waals surface area contributed by atoms with Crippen LogP contribution in [-0.2, 0) is 6.42 Å². The molecule has 0 radical (unpaired) electrons. The lowest BCUT2D eigenvalue weighted by atomic mass is 10.0. The van der Waals surface area contributed by atoms with Crippen LogP contribution < -0.4 is 0 Å². The second-order valence-electron chi connectivity index (χ2n) is 7.75. The van der Waals surface area contributed by atoms with Crippen LogP contribution in [0.4, 0.5) is 0 Å². The molecule has 0 N–H and O–H groups in total. The minimum absolute atomic E-state index is 0.161. The maximum Gasteiger partial charge on any atom is 0.293 e. The number of halogens is 1. The summed E-state index contributed by atoms with van der Waals surface area (Å²) >= 11 is 5.95. The standard InChI is InChI=1S/C22H24ClN3O3/c1-14(2)18-12-20(29-25-18)22(27)26-10-4-3-5-19(26)21-24-13-17(28-21)11-15-6-8-16(23)9-7-15/h6-9,12-14,19H,3-5,10-11H2,1-2H3. The van der Waals surface area contributed by atoms with Crippen LogP contribution in [-0.4, -0.2) is 27.5 Å². The lowest BCUT2D eigenvalue weighted by molar-refractivity contribution is 0.0528. The molecule has 7 heteroatoms. The van der Waals surface area contributed by atoms with Crippen LogP contribution in [0.3, 0.4) is 0 Å². The fourth-order valence-electron chi connectivity index (χ4n) is 3.60. The van der Waals surface area contributed by atoms with Gasteiger partial charge < -0.3 is 13.8 Å². The highest BCUT2D eigenvalue weighted by Crippen LogP contribution is 2.32. The number of aromatic nitrogens is 2. The average Bonchev–Trinajstić information content (AvgIpc) is 3.39. The maximum absolute atomic E-state index is 13.1. The molecule has 1 saturated heterocycles. The second kappa shape index (κ2) is 8.41. The highest BCUT2D eigenvalue weighted by molar-refractivity contribution is 6.30. The largest absolute Gasteiger partial charge is 0.443 e. The van der Waals surface area contributed by atoms with Crippen molar-refractivity contribution in [2.45, 2.75) is 51.5 Å². The van der Waals surface area contributed by atoms with Gasteiger partial charge in [0.05, 0.1) is 11.9 Å². The molecule has 1 unspecified atom stereocenters. The molecule has 1 amide bonds. The smallest absolute Gasteiger partial charge is 0.293 e. The van der Waals surface area contributed by atoms with E-state index in [9.17, 15) is 4.79 Å². The highest BCUT2D eigenvalue weighted by atomic mass is 35.5. The number of likely N-dealkylation sites (tertiary alicyclic amines) is 1. The third kappa shape index (κ3) is 4.37. The molecule has 0 spiro atoms. The van der Waals surface area contributed by atoms with Crippen molar-refractivity contribution in [3.8, 4) is 0 Å². The van der Waals surface area contributed by atoms with E-state index < -0.39 is 0 Å². The Balaban J connectivity index is 1.52. The van der Waals surface area contributed by atoms with Crippen molar-refractivity contribution in [2.75, 3.05) is 6.54 Å². The Labute approximate surface area is 174 Å². The molecular weight excluding hydrogens is 390 g/mol. The number of piperidine rings is 1. The first-order valence-corrected chi connectivity index (χ1v) is 10.4. The number of carbonyl (C=O) groups excluding carboxylic acids is 1. The predicted octanol–water partition coefficient (Wildman–Crippen LogP) is 5.40. The van der Waals surface area contributed by atoms with Gasteiger partial charge in [0.25, 0.3) is 5.91 Å². The minimum Gasteiger partial charge on any atom is -0.443 e. The summed E-state index contributed by atoms with van der Waals surface area (Å²) in [5.74, 6) is 1.66. The van der Waals surface area contributed by atoms with Gasteiger partial charge in [0.15, 0.2) is 0 Å². The summed E-state index contributed by atoms with van der Waals surface area (Å²) < 4.78 is 11.3. The SMILES string of the molecule is CC(C)c1cc(C(=O)N2CCCCC2c2ncc(Cc3ccc(Cl)cc3)o2)on1. The fraction of sp³-hybridized carbons (Fsp3) is 0.409. The third-order valence-corrected chi connectivity index (χ3v) is 5.49. The number of hydrogen-bond acceptors (Lipinski definition) is 5. The lowest BCUT2D eigenvalue weighted by Gasteiger charge is -2.32. The van der Waals surface area contributed by atoms with E-state index >= 15 is 0 Å². The zero-order valence-corrected chi connectivity index (χ0v) is 17.4. The zero-order chi connectivity index (χ0) is 20.4. The van der Waals surface area contributed by atoms with E-state index in [1.54, 1.807) is 17.2 Å². The summed E-state index contributed by atoms with van der Waals surface area (Å²) in [6, 6.07) is 9.20. The zero-order valence-electron chi connectivity index (χ0n) is 16.6. The van der Waals surface area contributed by atoms with E-state index in [1.807, 2.05) is 38.1 Å². The van der Waals surface area contributed by atoms with Gasteiger partial charge in [-0.3, -0.25) is 4.79 Å². The van der Waals surface area contributed by atoms with Crippen molar-refractivity contribution in [3.05, 3.63) is 70.2 Å². The Hall–Kier alpha value is -2.60. The van der Waals surface area contributed by atoms with E-state index in [-0.39, 0.29) is 23.6 Å². The molecule has 1 atom stereocenters. The van der Waals surface area contributed by atoms with Gasteiger partial charge in [0, 0.05) is 24.1 Å². The highest BCUT2D eigenvalue weighted by Gasteiger charge is 2.33. The summed E-state index contributed by atoms with van der Waals surface area (Å²) in [7, 11) is 0. The summed E-state index contributed by atoms with van der Waals surface area (Å²) in [5, 5.41) is 4.72. The number of amides is 1. The van der Waals surface area contributed by atoms with Gasteiger partial charge in [-0.2, -0.15) is 0 Å². The Morgan fingerprint density at radius 1 is 1.28 bits per heavy atom. The van der Waals surface area contributed by atoms with Crippen LogP contribution in [0, 0.1) is 0 Å². The molecule has 29 heavy (non-hydrogen) atoms. The fourth-order valence-corrected chi connectivity index (χ4v) is 3.72. The lowest BCUT2D eigenvalue weighted by Crippen LogP contribution is -2.38. The molecule has 0 aliphatic carbocycles. The van der Waals surface area contributed by atoms with Gasteiger partial charge in [0.1, 0.15) is 11.8 Å². The van der Waals surface area contributed by atoms with Crippen molar-refractivity contribution in [3.63, 3.8) is 0 Å². The topological polar surface area (TPSA) is 72.4 Å². The van der Waals surface area contributed by atoms with Gasteiger partial charge >= 0.3 is 0 Å². The van der Waals surface area contributed by atoms with E-state index in [0.717, 1.165) is 36.3 Å². The van der Waals surface area contributed by atoms with E-state index in [0.29, 0.717) is 23.9 Å². The summed E-state index contributed by atoms with van der Waals surface area (Å²) in [4.78, 5) is 19.3. The molecule has 1 aliphatic heterocycles. The molecule has 0 bridgehead atoms. The van der Waals surface area contributed by atoms with E-state index in [1.165, 1.54) is 0 Å². The molecule has 0 saturated carbocycles. The number of rotatable bonds is 5. The van der Waals surface area contributed by atoms with Crippen molar-refractivity contribution >= 4 is 17.5 Å². The molecule has 4 rings (SSSR count). The molecule has 2 aromatic heterocycles. The number of carbonyl (C=O) groups is 1. The molecule has 152 valence electrons. The van der Waals surface area contributed by atoms with Gasteiger partial charge in [-0.1, -0.05) is 42.7 Å². The number of hydrogen-bond donors (Lipinski definition) is 0. The summed E-state index contributed by atoms with van der Waals surface area (Å²) in [6.45, 7) is 4.69. The number of benzene rings is 1. The van der Waals surface area contributed by atoms with E-state index in [2.05, 4.69) is 10.1 Å². The van der Waals surface area contributed by atoms with Gasteiger partial charge in [-0.25, -0.2) is 4.98 Å². The van der Waals surface area contributed by atoms with Gasteiger partial charge in [-0.15, -0.1) is 0 Å². The monoisotopic (exact) mass is 413 g/mol. The Morgan fingerprint density at radius 2 is 2.07 bits per heavy atom. The average molecular weight is 414 g/mol. The van der Waals surface area contributed by atoms with Crippen molar-refractivity contribution in [1.82, 2.24) is 15.0 Å². The Morgan fingerprint density at radius 3 is 2.79 bits per heavy atom. The first-order valence-electron chi connectivity index (χ1n) is 9.98. The normalized spacial score (nSPS) is 17.1. The van der Waals surface area contributed by atoms with Crippen LogP contribution in [0.5, 0.6) is 0 Å². The third-order valence-electron chi connectivity index (χ3n) is 5.24. The van der Waals surface area contributed by atoms with Crippen molar-refractivity contribution < 1.29 is 13.7 Å². The van der Waals surface area contributed by atoms with Crippen LogP contribution in [0.2, 0.25) is 5.02 Å². The Kier molecular flexibility index (Phi) is 5.72. The first-order chi connectivity index (χ1) is 14.0.